The Kier molecular flexibility index (Phi) is 3.12. The summed E-state index contributed by atoms with van der Waals surface area (Å²) >= 11 is 1.70. The Morgan fingerprint density at radius 2 is 2.14 bits per heavy atom. The third kappa shape index (κ3) is 2.21. The molecule has 1 aromatic rings. The molecule has 2 saturated carbocycles. The minimum Gasteiger partial charge on any atom is -0.344 e. The maximum Gasteiger partial charge on any atom is 0.224 e. The van der Waals surface area contributed by atoms with Gasteiger partial charge in [-0.2, -0.15) is 0 Å². The Labute approximate surface area is 129 Å². The zero-order valence-corrected chi connectivity index (χ0v) is 13.4. The van der Waals surface area contributed by atoms with Crippen LogP contribution in [0.5, 0.6) is 0 Å². The van der Waals surface area contributed by atoms with Crippen LogP contribution in [0.25, 0.3) is 0 Å². The first-order valence-corrected chi connectivity index (χ1v) is 8.97. The number of aromatic nitrogens is 1. The first-order chi connectivity index (χ1) is 10.1. The van der Waals surface area contributed by atoms with Gasteiger partial charge in [0.15, 0.2) is 0 Å². The minimum absolute atomic E-state index is 0.146. The molecule has 2 aliphatic carbocycles. The Morgan fingerprint density at radius 1 is 1.38 bits per heavy atom. The first kappa shape index (κ1) is 13.7. The van der Waals surface area contributed by atoms with Crippen molar-refractivity contribution in [2.24, 2.45) is 11.3 Å². The fourth-order valence-electron chi connectivity index (χ4n) is 4.02. The van der Waals surface area contributed by atoms with Crippen LogP contribution in [0.15, 0.2) is 5.38 Å². The molecule has 1 amide bonds. The van der Waals surface area contributed by atoms with Crippen molar-refractivity contribution < 1.29 is 4.79 Å². The second kappa shape index (κ2) is 4.78. The number of carbonyl (C=O) groups excluding carboxylic acids is 1. The molecule has 3 aliphatic rings. The third-order valence-electron chi connectivity index (χ3n) is 5.70. The SMILES string of the molecule is Cc1csc(C2(NC(=O)C3CC34CCNCC4)CCC2)n1. The fourth-order valence-corrected chi connectivity index (χ4v) is 5.03. The number of nitrogens with zero attached hydrogens (tertiary/aromatic N) is 1. The van der Waals surface area contributed by atoms with E-state index >= 15 is 0 Å². The van der Waals surface area contributed by atoms with Crippen LogP contribution >= 0.6 is 11.3 Å². The molecule has 0 aromatic carbocycles. The van der Waals surface area contributed by atoms with Gasteiger partial charge in [0, 0.05) is 17.0 Å². The van der Waals surface area contributed by atoms with Gasteiger partial charge in [-0.3, -0.25) is 4.79 Å². The third-order valence-corrected chi connectivity index (χ3v) is 6.87. The molecule has 21 heavy (non-hydrogen) atoms. The van der Waals surface area contributed by atoms with Gasteiger partial charge < -0.3 is 10.6 Å². The monoisotopic (exact) mass is 305 g/mol. The van der Waals surface area contributed by atoms with Gasteiger partial charge in [0.2, 0.25) is 5.91 Å². The summed E-state index contributed by atoms with van der Waals surface area (Å²) in [5, 5.41) is 9.98. The summed E-state index contributed by atoms with van der Waals surface area (Å²) in [4.78, 5) is 17.3. The maximum atomic E-state index is 12.7. The molecule has 0 bridgehead atoms. The van der Waals surface area contributed by atoms with Gasteiger partial charge >= 0.3 is 0 Å². The van der Waals surface area contributed by atoms with Gasteiger partial charge in [-0.05, 0) is 64.0 Å². The molecule has 2 heterocycles. The number of rotatable bonds is 3. The predicted octanol–water partition coefficient (Wildman–Crippen LogP) is 2.34. The lowest BCUT2D eigenvalue weighted by Crippen LogP contribution is -2.51. The Balaban J connectivity index is 1.46. The van der Waals surface area contributed by atoms with Crippen LogP contribution in [-0.4, -0.2) is 24.0 Å². The molecular formula is C16H23N3OS. The molecule has 114 valence electrons. The number of aryl methyl sites for hydroxylation is 1. The summed E-state index contributed by atoms with van der Waals surface area (Å²) in [5.74, 6) is 0.530. The molecule has 1 aromatic heterocycles. The van der Waals surface area contributed by atoms with E-state index in [0.717, 1.165) is 55.9 Å². The van der Waals surface area contributed by atoms with E-state index in [9.17, 15) is 4.79 Å². The molecule has 1 spiro atoms. The van der Waals surface area contributed by atoms with Gasteiger partial charge in [-0.1, -0.05) is 0 Å². The van der Waals surface area contributed by atoms with E-state index in [1.165, 1.54) is 6.42 Å². The predicted molar refractivity (Wildman–Crippen MR) is 83.2 cm³/mol. The summed E-state index contributed by atoms with van der Waals surface area (Å²) in [6.07, 6.45) is 6.70. The second-order valence-corrected chi connectivity index (χ2v) is 7.95. The van der Waals surface area contributed by atoms with Gasteiger partial charge in [-0.15, -0.1) is 11.3 Å². The van der Waals surface area contributed by atoms with Crippen LogP contribution in [-0.2, 0) is 10.3 Å². The molecule has 0 radical (unpaired) electrons. The molecule has 1 aliphatic heterocycles. The summed E-state index contributed by atoms with van der Waals surface area (Å²) in [5.41, 5.74) is 1.24. The summed E-state index contributed by atoms with van der Waals surface area (Å²) in [6.45, 7) is 4.17. The average molecular weight is 305 g/mol. The van der Waals surface area contributed by atoms with E-state index in [1.54, 1.807) is 11.3 Å². The van der Waals surface area contributed by atoms with Crippen LogP contribution in [0.3, 0.4) is 0 Å². The van der Waals surface area contributed by atoms with Crippen molar-refractivity contribution in [3.8, 4) is 0 Å². The summed E-state index contributed by atoms with van der Waals surface area (Å²) in [6, 6.07) is 0. The topological polar surface area (TPSA) is 54.0 Å². The van der Waals surface area contributed by atoms with Crippen LogP contribution in [0, 0.1) is 18.3 Å². The van der Waals surface area contributed by atoms with Gasteiger partial charge in [0.05, 0.1) is 5.54 Å². The molecule has 4 nitrogen and oxygen atoms in total. The zero-order chi connectivity index (χ0) is 14.5. The number of carbonyl (C=O) groups is 1. The van der Waals surface area contributed by atoms with Crippen molar-refractivity contribution in [2.45, 2.75) is 51.0 Å². The molecule has 1 saturated heterocycles. The Morgan fingerprint density at radius 3 is 2.71 bits per heavy atom. The van der Waals surface area contributed by atoms with Gasteiger partial charge in [0.1, 0.15) is 5.01 Å². The van der Waals surface area contributed by atoms with E-state index in [4.69, 9.17) is 0 Å². The van der Waals surface area contributed by atoms with E-state index in [0.29, 0.717) is 5.41 Å². The zero-order valence-electron chi connectivity index (χ0n) is 12.6. The van der Waals surface area contributed by atoms with Crippen molar-refractivity contribution in [1.29, 1.82) is 0 Å². The lowest BCUT2D eigenvalue weighted by molar-refractivity contribution is -0.126. The molecular weight excluding hydrogens is 282 g/mol. The van der Waals surface area contributed by atoms with E-state index < -0.39 is 0 Å². The molecule has 4 rings (SSSR count). The van der Waals surface area contributed by atoms with Gasteiger partial charge in [0.25, 0.3) is 0 Å². The summed E-state index contributed by atoms with van der Waals surface area (Å²) < 4.78 is 0. The van der Waals surface area contributed by atoms with Crippen molar-refractivity contribution >= 4 is 17.2 Å². The smallest absolute Gasteiger partial charge is 0.224 e. The second-order valence-electron chi connectivity index (χ2n) is 7.09. The fraction of sp³-hybridized carbons (Fsp3) is 0.750. The Bertz CT molecular complexity index is 558. The molecule has 1 atom stereocenters. The minimum atomic E-state index is -0.146. The highest BCUT2D eigenvalue weighted by Crippen LogP contribution is 2.59. The number of thiazole rings is 1. The molecule has 3 fully saturated rings. The van der Waals surface area contributed by atoms with Crippen molar-refractivity contribution in [2.75, 3.05) is 13.1 Å². The largest absolute Gasteiger partial charge is 0.344 e. The number of hydrogen-bond acceptors (Lipinski definition) is 4. The molecule has 5 heteroatoms. The van der Waals surface area contributed by atoms with Crippen molar-refractivity contribution in [3.63, 3.8) is 0 Å². The highest BCUT2D eigenvalue weighted by atomic mass is 32.1. The average Bonchev–Trinajstić information content (AvgIpc) is 2.94. The number of amides is 1. The van der Waals surface area contributed by atoms with E-state index in [1.807, 2.05) is 6.92 Å². The maximum absolute atomic E-state index is 12.7. The number of hydrogen-bond donors (Lipinski definition) is 2. The standard InChI is InChI=1S/C16H23N3OS/c1-11-10-21-14(18-11)16(3-2-4-16)19-13(20)12-9-15(12)5-7-17-8-6-15/h10,12,17H,2-9H2,1H3,(H,19,20). The lowest BCUT2D eigenvalue weighted by Gasteiger charge is -2.41. The molecule has 2 N–H and O–H groups in total. The summed E-state index contributed by atoms with van der Waals surface area (Å²) in [7, 11) is 0. The first-order valence-electron chi connectivity index (χ1n) is 8.09. The molecule has 1 unspecified atom stereocenters. The number of nitrogens with one attached hydrogen (secondary N) is 2. The van der Waals surface area contributed by atoms with Crippen molar-refractivity contribution in [1.82, 2.24) is 15.6 Å². The van der Waals surface area contributed by atoms with Gasteiger partial charge in [-0.25, -0.2) is 4.98 Å². The highest BCUT2D eigenvalue weighted by Gasteiger charge is 2.59. The normalized spacial score (nSPS) is 28.9. The van der Waals surface area contributed by atoms with Crippen LogP contribution in [0.4, 0.5) is 0 Å². The Hall–Kier alpha value is -0.940. The van der Waals surface area contributed by atoms with Crippen LogP contribution in [0.2, 0.25) is 0 Å². The number of piperidine rings is 1. The quantitative estimate of drug-likeness (QED) is 0.901. The highest BCUT2D eigenvalue weighted by molar-refractivity contribution is 7.09. The van der Waals surface area contributed by atoms with E-state index in [2.05, 4.69) is 21.0 Å². The van der Waals surface area contributed by atoms with Crippen molar-refractivity contribution in [3.05, 3.63) is 16.1 Å². The lowest BCUT2D eigenvalue weighted by atomic mass is 9.77. The van der Waals surface area contributed by atoms with E-state index in [-0.39, 0.29) is 17.4 Å². The van der Waals surface area contributed by atoms with Crippen LogP contribution < -0.4 is 10.6 Å². The van der Waals surface area contributed by atoms with Crippen LogP contribution in [0.1, 0.15) is 49.2 Å².